The minimum atomic E-state index is -1.05. The quantitative estimate of drug-likeness (QED) is 0.0877. The molecule has 418 valence electrons. The van der Waals surface area contributed by atoms with Gasteiger partial charge in [-0.25, -0.2) is 9.59 Å². The monoisotopic (exact) mass is 1120 g/mol. The van der Waals surface area contributed by atoms with Gasteiger partial charge in [-0.3, -0.25) is 29.1 Å². The number of carboxylic acid groups (broad SMARTS) is 1. The van der Waals surface area contributed by atoms with Crippen LogP contribution in [0.2, 0.25) is 0 Å². The Morgan fingerprint density at radius 3 is 1.50 bits per heavy atom. The van der Waals surface area contributed by atoms with Crippen molar-refractivity contribution in [2.45, 2.75) is 145 Å². The van der Waals surface area contributed by atoms with Gasteiger partial charge in [0.2, 0.25) is 11.8 Å². The van der Waals surface area contributed by atoms with Gasteiger partial charge in [-0.1, -0.05) is 37.5 Å². The summed E-state index contributed by atoms with van der Waals surface area (Å²) >= 11 is 7.59. The first kappa shape index (κ1) is 61.3. The number of halogens is 1. The number of rotatable bonds is 10. The van der Waals surface area contributed by atoms with Crippen LogP contribution in [0.5, 0.6) is 0 Å². The van der Waals surface area contributed by atoms with Gasteiger partial charge in [-0.2, -0.15) is 0 Å². The summed E-state index contributed by atoms with van der Waals surface area (Å²) in [4.78, 5) is 91.5. The number of carboxylic acids is 1. The molecule has 8 rings (SSSR count). The van der Waals surface area contributed by atoms with Crippen molar-refractivity contribution < 1.29 is 38.6 Å². The second kappa shape index (κ2) is 28.3. The van der Waals surface area contributed by atoms with Crippen LogP contribution in [0.25, 0.3) is 0 Å². The number of pyridine rings is 2. The number of carbonyl (C=O) groups excluding carboxylic acids is 5. The number of likely N-dealkylation sites (tertiary alicyclic amines) is 1. The normalized spacial score (nSPS) is 19.8. The van der Waals surface area contributed by atoms with Crippen LogP contribution in [0.1, 0.15) is 182 Å². The summed E-state index contributed by atoms with van der Waals surface area (Å²) in [5.74, 6) is 12.6. The number of nitrogens with zero attached hydrogens (tertiary/aromatic N) is 5. The molecular formula is C61H77ClN6O8S2. The molecule has 2 saturated carbocycles. The topological polar surface area (TPSA) is 179 Å². The van der Waals surface area contributed by atoms with Gasteiger partial charge in [0.1, 0.15) is 9.75 Å². The average Bonchev–Trinajstić information content (AvgIpc) is 4.10. The molecule has 4 aliphatic rings. The Kier molecular flexibility index (Phi) is 22.2. The molecule has 2 N–H and O–H groups in total. The van der Waals surface area contributed by atoms with Gasteiger partial charge in [0.25, 0.3) is 11.1 Å². The number of methoxy groups -OCH3 is 1. The van der Waals surface area contributed by atoms with Crippen molar-refractivity contribution in [3.63, 3.8) is 0 Å². The maximum absolute atomic E-state index is 14.1. The summed E-state index contributed by atoms with van der Waals surface area (Å²) in [6, 6.07) is 10.4. The summed E-state index contributed by atoms with van der Waals surface area (Å²) in [7, 11) is 1.39. The predicted molar refractivity (Wildman–Crippen MR) is 310 cm³/mol. The smallest absolute Gasteiger partial charge is 0.350 e. The molecule has 3 amide bonds. The van der Waals surface area contributed by atoms with Gasteiger partial charge in [-0.05, 0) is 192 Å². The van der Waals surface area contributed by atoms with Crippen LogP contribution in [0.15, 0.2) is 61.2 Å². The Balaban J connectivity index is 0.000000220. The molecule has 14 nitrogen and oxygen atoms in total. The Morgan fingerprint density at radius 2 is 1.10 bits per heavy atom. The zero-order valence-electron chi connectivity index (χ0n) is 46.8. The van der Waals surface area contributed by atoms with Crippen LogP contribution in [0.3, 0.4) is 0 Å². The predicted octanol–water partition coefficient (Wildman–Crippen LogP) is 12.0. The van der Waals surface area contributed by atoms with Crippen molar-refractivity contribution in [3.8, 4) is 23.7 Å². The van der Waals surface area contributed by atoms with Crippen molar-refractivity contribution >= 4 is 80.6 Å². The lowest BCUT2D eigenvalue weighted by molar-refractivity contribution is -0.125. The van der Waals surface area contributed by atoms with E-state index in [4.69, 9.17) is 16.3 Å². The zero-order valence-corrected chi connectivity index (χ0v) is 49.2. The number of thiophene rings is 2. The van der Waals surface area contributed by atoms with Crippen molar-refractivity contribution in [2.24, 2.45) is 34.5 Å². The molecule has 2 aliphatic carbocycles. The highest BCUT2D eigenvalue weighted by Crippen LogP contribution is 2.40. The van der Waals surface area contributed by atoms with E-state index in [-0.39, 0.29) is 57.3 Å². The lowest BCUT2D eigenvalue weighted by Gasteiger charge is -2.40. The van der Waals surface area contributed by atoms with E-state index < -0.39 is 17.2 Å². The van der Waals surface area contributed by atoms with E-state index in [1.807, 2.05) is 31.7 Å². The summed E-state index contributed by atoms with van der Waals surface area (Å²) in [5.41, 5.74) is 1.74. The molecule has 0 bridgehead atoms. The second-order valence-corrected chi connectivity index (χ2v) is 25.5. The van der Waals surface area contributed by atoms with Gasteiger partial charge in [0.05, 0.1) is 39.4 Å². The van der Waals surface area contributed by atoms with Gasteiger partial charge < -0.3 is 29.9 Å². The SMILES string of the molecule is CC1CCC(C(=O)N(c2cc(C#CC(C)(C)C)sc2C(=O)O)C2CCN(C(=O)c3cccnc3)CC2)CC1.COC(=O)c1sc(C#CC(C)(C)C)cc1N(C(=O)C1CCC(C)CC1)C1CCNCC1.O=C(Cl)c1cccnc1. The summed E-state index contributed by atoms with van der Waals surface area (Å²) < 4.78 is 5.09. The van der Waals surface area contributed by atoms with E-state index in [1.54, 1.807) is 58.7 Å². The van der Waals surface area contributed by atoms with Crippen LogP contribution < -0.4 is 15.1 Å². The first-order chi connectivity index (χ1) is 37.0. The highest BCUT2D eigenvalue weighted by molar-refractivity contribution is 7.15. The van der Waals surface area contributed by atoms with Crippen LogP contribution in [-0.2, 0) is 14.3 Å². The van der Waals surface area contributed by atoms with Gasteiger partial charge in [0, 0.05) is 72.6 Å². The number of amides is 3. The maximum Gasteiger partial charge on any atom is 0.350 e. The molecular weight excluding hydrogens is 1040 g/mol. The Labute approximate surface area is 474 Å². The molecule has 2 saturated heterocycles. The molecule has 2 aliphatic heterocycles. The summed E-state index contributed by atoms with van der Waals surface area (Å²) in [6.07, 6.45) is 16.8. The van der Waals surface area contributed by atoms with Crippen LogP contribution in [-0.4, -0.2) is 100 Å². The summed E-state index contributed by atoms with van der Waals surface area (Å²) in [6.45, 7) is 19.4. The van der Waals surface area contributed by atoms with Crippen molar-refractivity contribution in [3.05, 3.63) is 91.8 Å². The molecule has 4 aromatic heterocycles. The number of hydrogen-bond donors (Lipinski definition) is 2. The van der Waals surface area contributed by atoms with E-state index in [1.165, 1.54) is 24.6 Å². The standard InChI is InChI=1S/C30H37N3O4S.C25H36N2O3S.C6H4ClNO/c1-20-7-9-21(10-8-20)28(35)33(25-18-24(11-14-30(2,3)4)38-26(25)29(36)37)23-12-16-32(17-13-23)27(34)22-6-5-15-31-19-22;1-17-6-8-18(9-7-17)23(28)27(19-11-14-26-15-12-19)21-16-20(10-13-25(2,3)4)31-22(21)24(29)30-5;7-6(9)5-2-1-3-8-4-5/h5-6,15,18-21,23H,7-10,12-13,16-17H2,1-4H3,(H,36,37);16-19,26H,6-9,11-12,14-15H2,1-5H3;1-4H. The number of aromatic nitrogens is 2. The average molecular weight is 1120 g/mol. The zero-order chi connectivity index (χ0) is 56.7. The molecule has 0 atom stereocenters. The van der Waals surface area contributed by atoms with E-state index in [9.17, 15) is 33.9 Å². The van der Waals surface area contributed by atoms with Gasteiger partial charge in [0.15, 0.2) is 0 Å². The third-order valence-electron chi connectivity index (χ3n) is 14.4. The van der Waals surface area contributed by atoms with Crippen molar-refractivity contribution in [2.75, 3.05) is 43.1 Å². The maximum atomic E-state index is 14.1. The number of hydrogen-bond acceptors (Lipinski definition) is 12. The highest BCUT2D eigenvalue weighted by Gasteiger charge is 2.39. The van der Waals surface area contributed by atoms with E-state index >= 15 is 0 Å². The highest BCUT2D eigenvalue weighted by atomic mass is 35.5. The first-order valence-corrected chi connectivity index (χ1v) is 29.4. The van der Waals surface area contributed by atoms with Gasteiger partial charge >= 0.3 is 11.9 Å². The van der Waals surface area contributed by atoms with Crippen molar-refractivity contribution in [1.82, 2.24) is 20.2 Å². The fourth-order valence-electron chi connectivity index (χ4n) is 10.1. The summed E-state index contributed by atoms with van der Waals surface area (Å²) in [5, 5.41) is 13.0. The molecule has 0 spiro atoms. The number of anilines is 2. The molecule has 4 fully saturated rings. The molecule has 4 aromatic rings. The number of aromatic carboxylic acids is 1. The van der Waals surface area contributed by atoms with E-state index in [0.717, 1.165) is 93.5 Å². The Hall–Kier alpha value is -5.91. The minimum absolute atomic E-state index is 0.00423. The van der Waals surface area contributed by atoms with Crippen LogP contribution in [0.4, 0.5) is 11.4 Å². The largest absolute Gasteiger partial charge is 0.477 e. The molecule has 0 aromatic carbocycles. The number of piperidine rings is 2. The number of esters is 1. The number of ether oxygens (including phenoxy) is 1. The third kappa shape index (κ3) is 17.5. The third-order valence-corrected chi connectivity index (χ3v) is 16.7. The molecule has 6 heterocycles. The number of carbonyl (C=O) groups is 6. The van der Waals surface area contributed by atoms with Crippen LogP contribution >= 0.6 is 34.3 Å². The Bertz CT molecular complexity index is 2820. The molecule has 0 radical (unpaired) electrons. The van der Waals surface area contributed by atoms with Gasteiger partial charge in [-0.15, -0.1) is 22.7 Å². The van der Waals surface area contributed by atoms with E-state index in [0.29, 0.717) is 70.0 Å². The lowest BCUT2D eigenvalue weighted by Crippen LogP contribution is -2.51. The number of nitrogens with one attached hydrogen (secondary N) is 1. The molecule has 78 heavy (non-hydrogen) atoms. The van der Waals surface area contributed by atoms with Crippen molar-refractivity contribution in [1.29, 1.82) is 0 Å². The van der Waals surface area contributed by atoms with E-state index in [2.05, 4.69) is 73.6 Å². The fourth-order valence-corrected chi connectivity index (χ4v) is 11.9. The molecule has 17 heteroatoms. The first-order valence-electron chi connectivity index (χ1n) is 27.3. The minimum Gasteiger partial charge on any atom is -0.477 e. The Morgan fingerprint density at radius 1 is 0.667 bits per heavy atom. The second-order valence-electron chi connectivity index (χ2n) is 23.0. The fraction of sp³-hybridized carbons (Fsp3) is 0.541. The van der Waals surface area contributed by atoms with Crippen LogP contribution in [0, 0.1) is 58.2 Å². The molecule has 0 unspecified atom stereocenters. The lowest BCUT2D eigenvalue weighted by atomic mass is 9.82.